The molecule has 0 spiro atoms. The molecule has 0 bridgehead atoms. The average molecular weight is 234 g/mol. The van der Waals surface area contributed by atoms with Crippen molar-refractivity contribution in [3.8, 4) is 5.75 Å². The van der Waals surface area contributed by atoms with Crippen LogP contribution in [-0.4, -0.2) is 17.6 Å². The third kappa shape index (κ3) is 3.00. The minimum absolute atomic E-state index is 0.109. The predicted octanol–water partition coefficient (Wildman–Crippen LogP) is 2.22. The molecule has 0 saturated heterocycles. The lowest BCUT2D eigenvalue weighted by molar-refractivity contribution is 0.318. The van der Waals surface area contributed by atoms with Crippen LogP contribution in [0.1, 0.15) is 23.6 Å². The van der Waals surface area contributed by atoms with Gasteiger partial charge in [-0.1, -0.05) is 24.7 Å². The van der Waals surface area contributed by atoms with E-state index in [9.17, 15) is 0 Å². The van der Waals surface area contributed by atoms with Crippen molar-refractivity contribution in [2.24, 2.45) is 10.9 Å². The van der Waals surface area contributed by atoms with Gasteiger partial charge < -0.3 is 15.7 Å². The van der Waals surface area contributed by atoms with Crippen molar-refractivity contribution in [3.05, 3.63) is 41.5 Å². The molecule has 0 saturated carbocycles. The monoisotopic (exact) mass is 234 g/mol. The quantitative estimate of drug-likeness (QED) is 0.270. The third-order valence-corrected chi connectivity index (χ3v) is 2.48. The molecule has 0 atom stereocenters. The van der Waals surface area contributed by atoms with Gasteiger partial charge in [0.25, 0.3) is 0 Å². The van der Waals surface area contributed by atoms with Crippen molar-refractivity contribution < 1.29 is 9.94 Å². The summed E-state index contributed by atoms with van der Waals surface area (Å²) in [5, 5.41) is 11.7. The van der Waals surface area contributed by atoms with Gasteiger partial charge in [-0.25, -0.2) is 0 Å². The van der Waals surface area contributed by atoms with Gasteiger partial charge in [0.2, 0.25) is 0 Å². The number of hydrogen-bond donors (Lipinski definition) is 2. The first kappa shape index (κ1) is 13.1. The normalized spacial score (nSPS) is 11.3. The van der Waals surface area contributed by atoms with Crippen LogP contribution in [0, 0.1) is 6.92 Å². The maximum Gasteiger partial charge on any atom is 0.170 e. The Balaban J connectivity index is 3.20. The van der Waals surface area contributed by atoms with Crippen molar-refractivity contribution in [1.29, 1.82) is 0 Å². The van der Waals surface area contributed by atoms with Crippen LogP contribution < -0.4 is 10.5 Å². The molecule has 0 unspecified atom stereocenters. The Bertz CT molecular complexity index is 439. The molecular weight excluding hydrogens is 216 g/mol. The SMILES string of the molecule is C=CCOc1c(C)cc(/C(N)=N/O)cc1CC. The average Bonchev–Trinajstić information content (AvgIpc) is 2.35. The number of ether oxygens (including phenoxy) is 1. The molecule has 17 heavy (non-hydrogen) atoms. The maximum atomic E-state index is 8.67. The minimum Gasteiger partial charge on any atom is -0.489 e. The Kier molecular flexibility index (Phi) is 4.57. The Morgan fingerprint density at radius 1 is 1.59 bits per heavy atom. The third-order valence-electron chi connectivity index (χ3n) is 2.48. The summed E-state index contributed by atoms with van der Waals surface area (Å²) in [6, 6.07) is 3.72. The molecule has 92 valence electrons. The topological polar surface area (TPSA) is 67.8 Å². The van der Waals surface area contributed by atoms with E-state index in [1.165, 1.54) is 0 Å². The molecule has 0 radical (unpaired) electrons. The predicted molar refractivity (Wildman–Crippen MR) is 68.8 cm³/mol. The summed E-state index contributed by atoms with van der Waals surface area (Å²) in [6.45, 7) is 8.06. The first-order valence-electron chi connectivity index (χ1n) is 5.49. The molecule has 1 aromatic rings. The number of oxime groups is 1. The molecule has 0 aliphatic carbocycles. The van der Waals surface area contributed by atoms with Crippen LogP contribution in [0.15, 0.2) is 29.9 Å². The highest BCUT2D eigenvalue weighted by atomic mass is 16.5. The largest absolute Gasteiger partial charge is 0.489 e. The van der Waals surface area contributed by atoms with E-state index in [4.69, 9.17) is 15.7 Å². The van der Waals surface area contributed by atoms with Crippen molar-refractivity contribution in [2.75, 3.05) is 6.61 Å². The summed E-state index contributed by atoms with van der Waals surface area (Å²) in [5.74, 6) is 0.958. The van der Waals surface area contributed by atoms with Crippen molar-refractivity contribution in [1.82, 2.24) is 0 Å². The van der Waals surface area contributed by atoms with Crippen LogP contribution in [0.2, 0.25) is 0 Å². The molecule has 3 N–H and O–H groups in total. The second-order valence-corrected chi connectivity index (χ2v) is 3.72. The van der Waals surface area contributed by atoms with E-state index in [1.54, 1.807) is 6.08 Å². The Labute approximate surface area is 101 Å². The van der Waals surface area contributed by atoms with E-state index in [2.05, 4.69) is 11.7 Å². The van der Waals surface area contributed by atoms with Crippen LogP contribution in [-0.2, 0) is 6.42 Å². The molecule has 1 rings (SSSR count). The zero-order chi connectivity index (χ0) is 12.8. The Hall–Kier alpha value is -1.97. The van der Waals surface area contributed by atoms with Crippen LogP contribution in [0.25, 0.3) is 0 Å². The van der Waals surface area contributed by atoms with Gasteiger partial charge in [-0.15, -0.1) is 0 Å². The fourth-order valence-electron chi connectivity index (χ4n) is 1.66. The van der Waals surface area contributed by atoms with Crippen LogP contribution in [0.3, 0.4) is 0 Å². The second kappa shape index (κ2) is 5.94. The van der Waals surface area contributed by atoms with Gasteiger partial charge in [0.15, 0.2) is 5.84 Å². The van der Waals surface area contributed by atoms with E-state index in [1.807, 2.05) is 26.0 Å². The second-order valence-electron chi connectivity index (χ2n) is 3.72. The van der Waals surface area contributed by atoms with Gasteiger partial charge >= 0.3 is 0 Å². The summed E-state index contributed by atoms with van der Waals surface area (Å²) in [7, 11) is 0. The molecule has 1 aromatic carbocycles. The summed E-state index contributed by atoms with van der Waals surface area (Å²) in [5.41, 5.74) is 8.28. The number of nitrogens with two attached hydrogens (primary N) is 1. The molecule has 4 nitrogen and oxygen atoms in total. The van der Waals surface area contributed by atoms with Gasteiger partial charge in [0, 0.05) is 5.56 Å². The number of rotatable bonds is 5. The molecule has 0 heterocycles. The number of aryl methyl sites for hydroxylation is 2. The fraction of sp³-hybridized carbons (Fsp3) is 0.308. The number of hydrogen-bond acceptors (Lipinski definition) is 3. The van der Waals surface area contributed by atoms with Gasteiger partial charge in [0.1, 0.15) is 12.4 Å². The molecule has 0 fully saturated rings. The molecular formula is C13H18N2O2. The Morgan fingerprint density at radius 3 is 2.82 bits per heavy atom. The number of amidine groups is 1. The highest BCUT2D eigenvalue weighted by Crippen LogP contribution is 2.26. The zero-order valence-electron chi connectivity index (χ0n) is 10.2. The lowest BCUT2D eigenvalue weighted by atomic mass is 10.0. The van der Waals surface area contributed by atoms with E-state index in [0.29, 0.717) is 12.2 Å². The highest BCUT2D eigenvalue weighted by molar-refractivity contribution is 5.97. The number of benzene rings is 1. The fourth-order valence-corrected chi connectivity index (χ4v) is 1.66. The summed E-state index contributed by atoms with van der Waals surface area (Å²) in [6.07, 6.45) is 2.52. The molecule has 0 amide bonds. The molecule has 0 aliphatic rings. The molecule has 0 aliphatic heterocycles. The van der Waals surface area contributed by atoms with Crippen molar-refractivity contribution in [2.45, 2.75) is 20.3 Å². The first-order chi connectivity index (χ1) is 8.13. The van der Waals surface area contributed by atoms with Gasteiger partial charge in [-0.3, -0.25) is 0 Å². The summed E-state index contributed by atoms with van der Waals surface area (Å²) in [4.78, 5) is 0. The zero-order valence-corrected chi connectivity index (χ0v) is 10.2. The first-order valence-corrected chi connectivity index (χ1v) is 5.49. The van der Waals surface area contributed by atoms with Crippen LogP contribution in [0.5, 0.6) is 5.75 Å². The number of nitrogens with zero attached hydrogens (tertiary/aromatic N) is 1. The van der Waals surface area contributed by atoms with Gasteiger partial charge in [-0.2, -0.15) is 0 Å². The van der Waals surface area contributed by atoms with E-state index < -0.39 is 0 Å². The minimum atomic E-state index is 0.109. The molecule has 4 heteroatoms. The van der Waals surface area contributed by atoms with Gasteiger partial charge in [0.05, 0.1) is 0 Å². The molecule has 0 aromatic heterocycles. The van der Waals surface area contributed by atoms with E-state index in [-0.39, 0.29) is 5.84 Å². The highest BCUT2D eigenvalue weighted by Gasteiger charge is 2.10. The standard InChI is InChI=1S/C13H18N2O2/c1-4-6-17-12-9(3)7-11(13(14)15-16)8-10(12)5-2/h4,7-8,16H,1,5-6H2,2-3H3,(H2,14,15). The lowest BCUT2D eigenvalue weighted by Crippen LogP contribution is -2.14. The summed E-state index contributed by atoms with van der Waals surface area (Å²) < 4.78 is 5.62. The Morgan fingerprint density at radius 2 is 2.29 bits per heavy atom. The van der Waals surface area contributed by atoms with E-state index >= 15 is 0 Å². The van der Waals surface area contributed by atoms with Crippen molar-refractivity contribution in [3.63, 3.8) is 0 Å². The van der Waals surface area contributed by atoms with Gasteiger partial charge in [-0.05, 0) is 36.6 Å². The van der Waals surface area contributed by atoms with E-state index in [0.717, 1.165) is 23.3 Å². The van der Waals surface area contributed by atoms with Crippen LogP contribution >= 0.6 is 0 Å². The van der Waals surface area contributed by atoms with Crippen molar-refractivity contribution >= 4 is 5.84 Å². The lowest BCUT2D eigenvalue weighted by Gasteiger charge is -2.14. The van der Waals surface area contributed by atoms with Crippen LogP contribution in [0.4, 0.5) is 0 Å². The smallest absolute Gasteiger partial charge is 0.170 e. The summed E-state index contributed by atoms with van der Waals surface area (Å²) >= 11 is 0. The maximum absolute atomic E-state index is 8.67.